The Kier molecular flexibility index (Phi) is 0.513. The Morgan fingerprint density at radius 3 is 2.10 bits per heavy atom. The molecule has 6 bridgehead atoms. The summed E-state index contributed by atoms with van der Waals surface area (Å²) in [5.74, 6) is 5.96. The van der Waals surface area contributed by atoms with Crippen LogP contribution in [-0.4, -0.2) is 11.2 Å². The van der Waals surface area contributed by atoms with Gasteiger partial charge in [0.1, 0.15) is 0 Å². The van der Waals surface area contributed by atoms with E-state index in [9.17, 15) is 5.11 Å². The normalized spacial score (nSPS) is 80.7. The van der Waals surface area contributed by atoms with Crippen molar-refractivity contribution in [1.82, 2.24) is 0 Å². The summed E-state index contributed by atoms with van der Waals surface area (Å²) in [7, 11) is 0. The van der Waals surface area contributed by atoms with Crippen molar-refractivity contribution in [2.75, 3.05) is 0 Å². The lowest BCUT2D eigenvalue weighted by Crippen LogP contribution is -2.18. The van der Waals surface area contributed by atoms with Crippen molar-refractivity contribution in [3.8, 4) is 0 Å². The third-order valence-electron chi connectivity index (χ3n) is 4.78. The Balaban J connectivity index is 1.93. The van der Waals surface area contributed by atoms with Crippen molar-refractivity contribution in [2.45, 2.75) is 18.9 Å². The van der Waals surface area contributed by atoms with Crippen LogP contribution < -0.4 is 0 Å². The zero-order valence-electron chi connectivity index (χ0n) is 5.90. The topological polar surface area (TPSA) is 20.2 Å². The van der Waals surface area contributed by atoms with Crippen LogP contribution in [-0.2, 0) is 0 Å². The van der Waals surface area contributed by atoms with Gasteiger partial charge in [0.2, 0.25) is 0 Å². The maximum atomic E-state index is 9.61. The molecule has 1 heteroatoms. The van der Waals surface area contributed by atoms with Crippen LogP contribution >= 0.6 is 0 Å². The first-order chi connectivity index (χ1) is 4.88. The van der Waals surface area contributed by atoms with Gasteiger partial charge in [-0.05, 0) is 48.3 Å². The molecule has 1 N–H and O–H groups in total. The second-order valence-electron chi connectivity index (χ2n) is 4.76. The van der Waals surface area contributed by atoms with Gasteiger partial charge in [-0.15, -0.1) is 0 Å². The molecule has 0 aliphatic heterocycles. The molecule has 54 valence electrons. The Bertz CT molecular complexity index is 213. The first-order valence-electron chi connectivity index (χ1n) is 4.56. The van der Waals surface area contributed by atoms with Crippen molar-refractivity contribution >= 4 is 0 Å². The van der Waals surface area contributed by atoms with Crippen LogP contribution in [0, 0.1) is 35.5 Å². The fraction of sp³-hybridized carbons (Fsp3) is 1.00. The van der Waals surface area contributed by atoms with Gasteiger partial charge < -0.3 is 5.11 Å². The van der Waals surface area contributed by atoms with Crippen LogP contribution in [0.3, 0.4) is 0 Å². The van der Waals surface area contributed by atoms with Crippen LogP contribution in [0.5, 0.6) is 0 Å². The van der Waals surface area contributed by atoms with Crippen molar-refractivity contribution in [1.29, 1.82) is 0 Å². The minimum Gasteiger partial charge on any atom is -0.393 e. The molecule has 5 fully saturated rings. The second-order valence-corrected chi connectivity index (χ2v) is 4.76. The molecule has 0 aromatic carbocycles. The number of hydrogen-bond donors (Lipinski definition) is 1. The first kappa shape index (κ1) is 4.76. The van der Waals surface area contributed by atoms with Gasteiger partial charge in [0, 0.05) is 0 Å². The summed E-state index contributed by atoms with van der Waals surface area (Å²) in [6, 6.07) is 0. The zero-order chi connectivity index (χ0) is 6.46. The summed E-state index contributed by atoms with van der Waals surface area (Å²) < 4.78 is 0. The van der Waals surface area contributed by atoms with Crippen molar-refractivity contribution < 1.29 is 5.11 Å². The fourth-order valence-corrected chi connectivity index (χ4v) is 4.70. The summed E-state index contributed by atoms with van der Waals surface area (Å²) in [6.45, 7) is 0. The molecule has 5 rings (SSSR count). The number of hydrogen-bond acceptors (Lipinski definition) is 1. The number of aliphatic hydroxyl groups is 1. The average Bonchev–Trinajstić information content (AvgIpc) is 2.34. The van der Waals surface area contributed by atoms with Crippen molar-refractivity contribution in [2.24, 2.45) is 35.5 Å². The highest BCUT2D eigenvalue weighted by molar-refractivity contribution is 5.25. The minimum absolute atomic E-state index is 0.115. The minimum atomic E-state index is 0.115. The van der Waals surface area contributed by atoms with Gasteiger partial charge >= 0.3 is 0 Å². The summed E-state index contributed by atoms with van der Waals surface area (Å²) in [6.07, 6.45) is 2.76. The maximum absolute atomic E-state index is 9.61. The van der Waals surface area contributed by atoms with E-state index in [-0.39, 0.29) is 6.10 Å². The van der Waals surface area contributed by atoms with E-state index in [4.69, 9.17) is 0 Å². The molecule has 10 heavy (non-hydrogen) atoms. The van der Waals surface area contributed by atoms with Gasteiger partial charge in [0.25, 0.3) is 0 Å². The molecule has 0 aromatic rings. The van der Waals surface area contributed by atoms with Crippen molar-refractivity contribution in [3.05, 3.63) is 0 Å². The predicted octanol–water partition coefficient (Wildman–Crippen LogP) is 0.879. The Morgan fingerprint density at radius 1 is 0.800 bits per heavy atom. The summed E-state index contributed by atoms with van der Waals surface area (Å²) in [4.78, 5) is 0. The van der Waals surface area contributed by atoms with Gasteiger partial charge in [-0.25, -0.2) is 0 Å². The van der Waals surface area contributed by atoms with Gasteiger partial charge in [-0.2, -0.15) is 0 Å². The quantitative estimate of drug-likeness (QED) is 0.524. The van der Waals surface area contributed by atoms with Gasteiger partial charge in [0.15, 0.2) is 0 Å². The smallest absolute Gasteiger partial charge is 0.0576 e. The lowest BCUT2D eigenvalue weighted by molar-refractivity contribution is 0.104. The molecule has 5 aliphatic rings. The molecule has 7 atom stereocenters. The highest BCUT2D eigenvalue weighted by Gasteiger charge is 2.77. The number of rotatable bonds is 0. The van der Waals surface area contributed by atoms with Gasteiger partial charge in [-0.3, -0.25) is 0 Å². The molecule has 0 radical (unpaired) electrons. The van der Waals surface area contributed by atoms with E-state index in [1.54, 1.807) is 0 Å². The van der Waals surface area contributed by atoms with E-state index >= 15 is 0 Å². The molecule has 5 aliphatic carbocycles. The Hall–Kier alpha value is -0.0400. The van der Waals surface area contributed by atoms with E-state index in [0.29, 0.717) is 0 Å². The van der Waals surface area contributed by atoms with Crippen LogP contribution in [0.1, 0.15) is 12.8 Å². The number of aliphatic hydroxyl groups excluding tert-OH is 1. The summed E-state index contributed by atoms with van der Waals surface area (Å²) in [5, 5.41) is 9.61. The molecule has 0 unspecified atom stereocenters. The SMILES string of the molecule is O[C@H]1C[C@@H]2[C@@H]3C[C@H]4[C@@H]2[C@@H]4[C@H]31. The Labute approximate surface area is 60.4 Å². The zero-order valence-corrected chi connectivity index (χ0v) is 5.90. The highest BCUT2D eigenvalue weighted by atomic mass is 16.3. The Morgan fingerprint density at radius 2 is 1.60 bits per heavy atom. The van der Waals surface area contributed by atoms with E-state index in [1.165, 1.54) is 6.42 Å². The van der Waals surface area contributed by atoms with Crippen LogP contribution in [0.25, 0.3) is 0 Å². The predicted molar refractivity (Wildman–Crippen MR) is 36.2 cm³/mol. The molecular weight excluding hydrogens is 124 g/mol. The van der Waals surface area contributed by atoms with Crippen LogP contribution in [0.15, 0.2) is 0 Å². The second kappa shape index (κ2) is 1.08. The highest BCUT2D eigenvalue weighted by Crippen LogP contribution is 2.80. The third-order valence-corrected chi connectivity index (χ3v) is 4.78. The van der Waals surface area contributed by atoms with Crippen LogP contribution in [0.2, 0.25) is 0 Å². The molecule has 0 heterocycles. The molecule has 5 saturated carbocycles. The molecule has 0 spiro atoms. The van der Waals surface area contributed by atoms with E-state index in [0.717, 1.165) is 41.9 Å². The summed E-state index contributed by atoms with van der Waals surface area (Å²) in [5.41, 5.74) is 0. The van der Waals surface area contributed by atoms with E-state index < -0.39 is 0 Å². The third kappa shape index (κ3) is 0.268. The summed E-state index contributed by atoms with van der Waals surface area (Å²) >= 11 is 0. The van der Waals surface area contributed by atoms with Gasteiger partial charge in [0.05, 0.1) is 6.10 Å². The van der Waals surface area contributed by atoms with Gasteiger partial charge in [-0.1, -0.05) is 0 Å². The maximum Gasteiger partial charge on any atom is 0.0576 e. The fourth-order valence-electron chi connectivity index (χ4n) is 4.70. The first-order valence-corrected chi connectivity index (χ1v) is 4.56. The lowest BCUT2D eigenvalue weighted by atomic mass is 9.98. The monoisotopic (exact) mass is 136 g/mol. The lowest BCUT2D eigenvalue weighted by Gasteiger charge is -2.14. The molecule has 0 aromatic heterocycles. The molecule has 1 nitrogen and oxygen atoms in total. The standard InChI is InChI=1S/C9H12O/c10-6-2-4-3-1-5-7(4)9(5)8(3)6/h3-10H,1-2H2/t3-,4+,5-,6-,7+,8+,9+/m0/s1. The van der Waals surface area contributed by atoms with Crippen LogP contribution in [0.4, 0.5) is 0 Å². The van der Waals surface area contributed by atoms with E-state index in [1.807, 2.05) is 0 Å². The molecule has 0 saturated heterocycles. The average molecular weight is 136 g/mol. The molecular formula is C9H12O. The van der Waals surface area contributed by atoms with Crippen molar-refractivity contribution in [3.63, 3.8) is 0 Å². The molecule has 0 amide bonds. The van der Waals surface area contributed by atoms with E-state index in [2.05, 4.69) is 0 Å². The largest absolute Gasteiger partial charge is 0.393 e.